The number of carbonyl (C=O) groups is 2. The minimum Gasteiger partial charge on any atom is -0.443 e. The Morgan fingerprint density at radius 3 is 2.84 bits per heavy atom. The number of aromatic nitrogens is 1. The Labute approximate surface area is 145 Å². The smallest absolute Gasteiger partial charge is 0.242 e. The molecule has 1 atom stereocenters. The minimum atomic E-state index is -0.277. The summed E-state index contributed by atoms with van der Waals surface area (Å²) in [6.45, 7) is 1.98. The van der Waals surface area contributed by atoms with Gasteiger partial charge in [-0.25, -0.2) is 9.37 Å². The van der Waals surface area contributed by atoms with Gasteiger partial charge in [0.1, 0.15) is 17.6 Å². The van der Waals surface area contributed by atoms with Crippen LogP contribution < -0.4 is 5.32 Å². The summed E-state index contributed by atoms with van der Waals surface area (Å²) in [6.07, 6.45) is 3.81. The van der Waals surface area contributed by atoms with Gasteiger partial charge < -0.3 is 14.6 Å². The first-order chi connectivity index (χ1) is 12.0. The van der Waals surface area contributed by atoms with Gasteiger partial charge in [-0.1, -0.05) is 12.1 Å². The van der Waals surface area contributed by atoms with Gasteiger partial charge in [0.15, 0.2) is 0 Å². The molecule has 1 aliphatic heterocycles. The van der Waals surface area contributed by atoms with E-state index < -0.39 is 0 Å². The van der Waals surface area contributed by atoms with E-state index in [-0.39, 0.29) is 30.2 Å². The third kappa shape index (κ3) is 4.23. The number of hydrogen-bond donors (Lipinski definition) is 1. The maximum absolute atomic E-state index is 13.0. The van der Waals surface area contributed by atoms with E-state index in [1.165, 1.54) is 19.1 Å². The molecule has 3 rings (SSSR count). The number of nitrogens with zero attached hydrogens (tertiary/aromatic N) is 2. The Morgan fingerprint density at radius 1 is 1.36 bits per heavy atom. The van der Waals surface area contributed by atoms with E-state index in [0.717, 1.165) is 18.4 Å². The van der Waals surface area contributed by atoms with Crippen molar-refractivity contribution in [3.63, 3.8) is 0 Å². The number of hydrogen-bond acceptors (Lipinski definition) is 4. The topological polar surface area (TPSA) is 75.4 Å². The fourth-order valence-electron chi connectivity index (χ4n) is 2.99. The van der Waals surface area contributed by atoms with Gasteiger partial charge in [0.2, 0.25) is 17.7 Å². The second-order valence-electron chi connectivity index (χ2n) is 6.12. The van der Waals surface area contributed by atoms with Crippen molar-refractivity contribution in [2.75, 3.05) is 13.1 Å². The summed E-state index contributed by atoms with van der Waals surface area (Å²) in [6, 6.07) is 6.02. The van der Waals surface area contributed by atoms with E-state index in [4.69, 9.17) is 4.42 Å². The summed E-state index contributed by atoms with van der Waals surface area (Å²) in [5, 5.41) is 2.52. The molecule has 1 aromatic heterocycles. The zero-order valence-electron chi connectivity index (χ0n) is 14.0. The molecule has 1 aliphatic rings. The molecule has 1 N–H and O–H groups in total. The van der Waals surface area contributed by atoms with Crippen LogP contribution in [0.15, 0.2) is 34.9 Å². The molecule has 0 spiro atoms. The molecular formula is C18H20FN3O3. The van der Waals surface area contributed by atoms with Gasteiger partial charge in [0.25, 0.3) is 0 Å². The number of benzene rings is 1. The molecule has 1 saturated heterocycles. The summed E-state index contributed by atoms with van der Waals surface area (Å²) >= 11 is 0. The molecule has 7 heteroatoms. The molecule has 132 valence electrons. The van der Waals surface area contributed by atoms with E-state index >= 15 is 0 Å². The third-order valence-corrected chi connectivity index (χ3v) is 4.21. The van der Waals surface area contributed by atoms with Crippen LogP contribution in [0.2, 0.25) is 0 Å². The molecule has 6 nitrogen and oxygen atoms in total. The highest BCUT2D eigenvalue weighted by Crippen LogP contribution is 2.31. The third-order valence-electron chi connectivity index (χ3n) is 4.21. The van der Waals surface area contributed by atoms with Crippen molar-refractivity contribution in [3.8, 4) is 0 Å². The van der Waals surface area contributed by atoms with Gasteiger partial charge in [0.05, 0.1) is 12.7 Å². The Morgan fingerprint density at radius 2 is 2.12 bits per heavy atom. The number of likely N-dealkylation sites (tertiary alicyclic amines) is 1. The maximum atomic E-state index is 13.0. The number of halogens is 1. The van der Waals surface area contributed by atoms with Crippen LogP contribution in [0.25, 0.3) is 0 Å². The quantitative estimate of drug-likeness (QED) is 0.901. The summed E-state index contributed by atoms with van der Waals surface area (Å²) in [4.78, 5) is 29.3. The van der Waals surface area contributed by atoms with Crippen molar-refractivity contribution in [2.24, 2.45) is 0 Å². The Hall–Kier alpha value is -2.70. The van der Waals surface area contributed by atoms with Crippen LogP contribution >= 0.6 is 0 Å². The maximum Gasteiger partial charge on any atom is 0.242 e. The lowest BCUT2D eigenvalue weighted by Crippen LogP contribution is -2.39. The molecule has 1 aromatic carbocycles. The van der Waals surface area contributed by atoms with E-state index in [1.807, 2.05) is 0 Å². The van der Waals surface area contributed by atoms with Crippen molar-refractivity contribution in [1.82, 2.24) is 15.2 Å². The first kappa shape index (κ1) is 17.1. The SMILES string of the molecule is CC(=O)NCC(=O)N1CCC[C@@H]1c1ncc(Cc2ccc(F)cc2)o1. The van der Waals surface area contributed by atoms with Crippen molar-refractivity contribution in [2.45, 2.75) is 32.2 Å². The standard InChI is InChI=1S/C18H20FN3O3/c1-12(23)20-11-17(24)22-8-2-3-16(22)18-21-10-15(25-18)9-13-4-6-14(19)7-5-13/h4-7,10,16H,2-3,8-9,11H2,1H3,(H,20,23)/t16-/m1/s1. The van der Waals surface area contributed by atoms with Crippen molar-refractivity contribution in [3.05, 3.63) is 53.5 Å². The molecule has 2 amide bonds. The van der Waals surface area contributed by atoms with Crippen LogP contribution in [0, 0.1) is 5.82 Å². The minimum absolute atomic E-state index is 0.0189. The molecule has 25 heavy (non-hydrogen) atoms. The zero-order chi connectivity index (χ0) is 17.8. The summed E-state index contributed by atoms with van der Waals surface area (Å²) in [5.41, 5.74) is 0.925. The van der Waals surface area contributed by atoms with E-state index in [9.17, 15) is 14.0 Å². The van der Waals surface area contributed by atoms with Gasteiger partial charge in [-0.15, -0.1) is 0 Å². The highest BCUT2D eigenvalue weighted by atomic mass is 19.1. The van der Waals surface area contributed by atoms with Crippen molar-refractivity contribution in [1.29, 1.82) is 0 Å². The number of carbonyl (C=O) groups excluding carboxylic acids is 2. The second-order valence-corrected chi connectivity index (χ2v) is 6.12. The van der Waals surface area contributed by atoms with Crippen LogP contribution in [0.5, 0.6) is 0 Å². The molecule has 0 bridgehead atoms. The Bertz CT molecular complexity index is 757. The lowest BCUT2D eigenvalue weighted by atomic mass is 10.1. The number of amides is 2. The van der Waals surface area contributed by atoms with Crippen molar-refractivity contribution < 1.29 is 18.4 Å². The van der Waals surface area contributed by atoms with Gasteiger partial charge in [0, 0.05) is 19.9 Å². The van der Waals surface area contributed by atoms with Gasteiger partial charge in [-0.05, 0) is 30.5 Å². The van der Waals surface area contributed by atoms with Crippen LogP contribution in [0.3, 0.4) is 0 Å². The fraction of sp³-hybridized carbons (Fsp3) is 0.389. The molecule has 0 saturated carbocycles. The van der Waals surface area contributed by atoms with E-state index in [2.05, 4.69) is 10.3 Å². The van der Waals surface area contributed by atoms with Crippen LogP contribution in [-0.4, -0.2) is 34.8 Å². The number of oxazole rings is 1. The summed E-state index contributed by atoms with van der Waals surface area (Å²) in [5.74, 6) is 0.521. The molecule has 0 unspecified atom stereocenters. The second kappa shape index (κ2) is 7.46. The van der Waals surface area contributed by atoms with Crippen LogP contribution in [0.4, 0.5) is 4.39 Å². The number of nitrogens with one attached hydrogen (secondary N) is 1. The molecule has 1 fully saturated rings. The lowest BCUT2D eigenvalue weighted by Gasteiger charge is -2.22. The Kier molecular flexibility index (Phi) is 5.11. The highest BCUT2D eigenvalue weighted by Gasteiger charge is 2.33. The average Bonchev–Trinajstić information content (AvgIpc) is 3.23. The van der Waals surface area contributed by atoms with E-state index in [0.29, 0.717) is 24.6 Å². The summed E-state index contributed by atoms with van der Waals surface area (Å²) in [7, 11) is 0. The predicted octanol–water partition coefficient (Wildman–Crippen LogP) is 2.20. The molecular weight excluding hydrogens is 325 g/mol. The Balaban J connectivity index is 1.67. The molecule has 2 heterocycles. The van der Waals surface area contributed by atoms with Crippen LogP contribution in [-0.2, 0) is 16.0 Å². The fourth-order valence-corrected chi connectivity index (χ4v) is 2.99. The summed E-state index contributed by atoms with van der Waals surface area (Å²) < 4.78 is 18.8. The van der Waals surface area contributed by atoms with Gasteiger partial charge >= 0.3 is 0 Å². The predicted molar refractivity (Wildman–Crippen MR) is 88.1 cm³/mol. The first-order valence-corrected chi connectivity index (χ1v) is 8.26. The van der Waals surface area contributed by atoms with E-state index in [1.54, 1.807) is 23.2 Å². The number of rotatable bonds is 5. The molecule has 2 aromatic rings. The normalized spacial score (nSPS) is 16.9. The molecule has 0 radical (unpaired) electrons. The monoisotopic (exact) mass is 345 g/mol. The highest BCUT2D eigenvalue weighted by molar-refractivity contribution is 5.84. The van der Waals surface area contributed by atoms with Crippen molar-refractivity contribution >= 4 is 11.8 Å². The van der Waals surface area contributed by atoms with Crippen LogP contribution in [0.1, 0.15) is 43.0 Å². The average molecular weight is 345 g/mol. The first-order valence-electron chi connectivity index (χ1n) is 8.26. The van der Waals surface area contributed by atoms with Gasteiger partial charge in [-0.3, -0.25) is 9.59 Å². The lowest BCUT2D eigenvalue weighted by molar-refractivity contribution is -0.133. The van der Waals surface area contributed by atoms with Gasteiger partial charge in [-0.2, -0.15) is 0 Å². The molecule has 0 aliphatic carbocycles. The zero-order valence-corrected chi connectivity index (χ0v) is 14.0. The largest absolute Gasteiger partial charge is 0.443 e.